The molecule has 1 aliphatic rings. The lowest BCUT2D eigenvalue weighted by Gasteiger charge is -2.36. The van der Waals surface area contributed by atoms with Crippen molar-refractivity contribution in [1.82, 2.24) is 5.32 Å². The maximum Gasteiger partial charge on any atom is 0.305 e. The SMILES string of the molecule is CC(C)(C)C1CCC(CC(=O)NCCC(=O)O)CC1. The highest BCUT2D eigenvalue weighted by Crippen LogP contribution is 2.40. The fourth-order valence-corrected chi connectivity index (χ4v) is 2.88. The molecule has 110 valence electrons. The standard InChI is InChI=1S/C15H27NO3/c1-15(2,3)12-6-4-11(5-7-12)10-13(17)16-9-8-14(18)19/h11-12H,4-10H2,1-3H3,(H,16,17)(H,18,19). The molecule has 0 aromatic carbocycles. The number of hydrogen-bond acceptors (Lipinski definition) is 2. The smallest absolute Gasteiger partial charge is 0.305 e. The van der Waals surface area contributed by atoms with Crippen LogP contribution in [0.4, 0.5) is 0 Å². The molecule has 0 unspecified atom stereocenters. The van der Waals surface area contributed by atoms with Gasteiger partial charge in [0.05, 0.1) is 6.42 Å². The number of amides is 1. The Kier molecular flexibility index (Phi) is 5.83. The monoisotopic (exact) mass is 269 g/mol. The molecule has 0 radical (unpaired) electrons. The van der Waals surface area contributed by atoms with Gasteiger partial charge in [0.15, 0.2) is 0 Å². The highest BCUT2D eigenvalue weighted by molar-refractivity contribution is 5.77. The van der Waals surface area contributed by atoms with Crippen LogP contribution in [0.15, 0.2) is 0 Å². The summed E-state index contributed by atoms with van der Waals surface area (Å²) in [6, 6.07) is 0. The zero-order chi connectivity index (χ0) is 14.5. The Bertz CT molecular complexity index is 312. The van der Waals surface area contributed by atoms with Gasteiger partial charge >= 0.3 is 5.97 Å². The second kappa shape index (κ2) is 6.92. The average Bonchev–Trinajstić information content (AvgIpc) is 2.27. The van der Waals surface area contributed by atoms with Crippen molar-refractivity contribution in [2.45, 2.75) is 59.3 Å². The molecule has 1 amide bonds. The molecule has 0 aromatic rings. The highest BCUT2D eigenvalue weighted by Gasteiger charge is 2.30. The van der Waals surface area contributed by atoms with Gasteiger partial charge < -0.3 is 10.4 Å². The fraction of sp³-hybridized carbons (Fsp3) is 0.867. The van der Waals surface area contributed by atoms with Crippen LogP contribution in [0.5, 0.6) is 0 Å². The predicted molar refractivity (Wildman–Crippen MR) is 74.8 cm³/mol. The van der Waals surface area contributed by atoms with Gasteiger partial charge in [-0.25, -0.2) is 0 Å². The zero-order valence-electron chi connectivity index (χ0n) is 12.4. The number of hydrogen-bond donors (Lipinski definition) is 2. The van der Waals surface area contributed by atoms with Crippen molar-refractivity contribution >= 4 is 11.9 Å². The summed E-state index contributed by atoms with van der Waals surface area (Å²) in [6.07, 6.45) is 5.20. The quantitative estimate of drug-likeness (QED) is 0.806. The topological polar surface area (TPSA) is 66.4 Å². The molecule has 0 saturated heterocycles. The number of carboxylic acid groups (broad SMARTS) is 1. The lowest BCUT2D eigenvalue weighted by atomic mass is 9.69. The Morgan fingerprint density at radius 2 is 1.74 bits per heavy atom. The van der Waals surface area contributed by atoms with Gasteiger partial charge in [0, 0.05) is 13.0 Å². The first-order valence-electron chi connectivity index (χ1n) is 7.27. The van der Waals surface area contributed by atoms with Crippen molar-refractivity contribution < 1.29 is 14.7 Å². The summed E-state index contributed by atoms with van der Waals surface area (Å²) in [7, 11) is 0. The van der Waals surface area contributed by atoms with Gasteiger partial charge in [-0.3, -0.25) is 9.59 Å². The van der Waals surface area contributed by atoms with Crippen molar-refractivity contribution in [3.05, 3.63) is 0 Å². The number of rotatable bonds is 5. The molecule has 0 aromatic heterocycles. The van der Waals surface area contributed by atoms with Crippen LogP contribution in [0.3, 0.4) is 0 Å². The van der Waals surface area contributed by atoms with E-state index in [4.69, 9.17) is 5.11 Å². The van der Waals surface area contributed by atoms with Crippen LogP contribution in [-0.4, -0.2) is 23.5 Å². The summed E-state index contributed by atoms with van der Waals surface area (Å²) >= 11 is 0. The second-order valence-corrected chi connectivity index (χ2v) is 6.78. The lowest BCUT2D eigenvalue weighted by molar-refractivity contribution is -0.136. The minimum Gasteiger partial charge on any atom is -0.481 e. The first kappa shape index (κ1) is 16.0. The fourth-order valence-electron chi connectivity index (χ4n) is 2.88. The highest BCUT2D eigenvalue weighted by atomic mass is 16.4. The van der Waals surface area contributed by atoms with E-state index in [9.17, 15) is 9.59 Å². The van der Waals surface area contributed by atoms with Crippen LogP contribution >= 0.6 is 0 Å². The molecule has 1 rings (SSSR count). The minimum absolute atomic E-state index is 0.000425. The van der Waals surface area contributed by atoms with Gasteiger partial charge in [-0.2, -0.15) is 0 Å². The molecule has 2 N–H and O–H groups in total. The third-order valence-corrected chi connectivity index (χ3v) is 4.21. The van der Waals surface area contributed by atoms with E-state index in [0.29, 0.717) is 17.8 Å². The zero-order valence-corrected chi connectivity index (χ0v) is 12.4. The second-order valence-electron chi connectivity index (χ2n) is 6.78. The Balaban J connectivity index is 2.22. The summed E-state index contributed by atoms with van der Waals surface area (Å²) in [4.78, 5) is 22.0. The molecule has 0 spiro atoms. The van der Waals surface area contributed by atoms with Gasteiger partial charge in [-0.15, -0.1) is 0 Å². The van der Waals surface area contributed by atoms with Gasteiger partial charge in [0.2, 0.25) is 5.91 Å². The summed E-state index contributed by atoms with van der Waals surface area (Å²) in [5.41, 5.74) is 0.370. The molecule has 19 heavy (non-hydrogen) atoms. The number of carbonyl (C=O) groups is 2. The average molecular weight is 269 g/mol. The Hall–Kier alpha value is -1.06. The summed E-state index contributed by atoms with van der Waals surface area (Å²) in [5.74, 6) is 0.369. The predicted octanol–water partition coefficient (Wildman–Crippen LogP) is 2.82. The van der Waals surface area contributed by atoms with Crippen LogP contribution in [-0.2, 0) is 9.59 Å². The van der Waals surface area contributed by atoms with Crippen LogP contribution < -0.4 is 5.32 Å². The number of nitrogens with one attached hydrogen (secondary N) is 1. The van der Waals surface area contributed by atoms with E-state index in [-0.39, 0.29) is 18.9 Å². The molecule has 1 aliphatic carbocycles. The van der Waals surface area contributed by atoms with Crippen LogP contribution in [0.1, 0.15) is 59.3 Å². The first-order valence-corrected chi connectivity index (χ1v) is 7.27. The molecule has 4 nitrogen and oxygen atoms in total. The maximum absolute atomic E-state index is 11.7. The van der Waals surface area contributed by atoms with E-state index >= 15 is 0 Å². The third-order valence-electron chi connectivity index (χ3n) is 4.21. The van der Waals surface area contributed by atoms with Crippen LogP contribution in [0.2, 0.25) is 0 Å². The summed E-state index contributed by atoms with van der Waals surface area (Å²) < 4.78 is 0. The van der Waals surface area contributed by atoms with Crippen LogP contribution in [0.25, 0.3) is 0 Å². The van der Waals surface area contributed by atoms with Gasteiger partial charge in [0.1, 0.15) is 0 Å². The molecule has 4 heteroatoms. The van der Waals surface area contributed by atoms with E-state index < -0.39 is 5.97 Å². The van der Waals surface area contributed by atoms with E-state index in [1.165, 1.54) is 12.8 Å². The summed E-state index contributed by atoms with van der Waals surface area (Å²) in [5, 5.41) is 11.2. The van der Waals surface area contributed by atoms with Gasteiger partial charge in [0.25, 0.3) is 0 Å². The van der Waals surface area contributed by atoms with E-state index in [2.05, 4.69) is 26.1 Å². The molecular formula is C15H27NO3. The van der Waals surface area contributed by atoms with Crippen LogP contribution in [0, 0.1) is 17.3 Å². The third kappa shape index (κ3) is 6.08. The number of carboxylic acids is 1. The molecular weight excluding hydrogens is 242 g/mol. The first-order chi connectivity index (χ1) is 8.79. The largest absolute Gasteiger partial charge is 0.481 e. The molecule has 1 fully saturated rings. The molecule has 0 heterocycles. The van der Waals surface area contributed by atoms with E-state index in [1.54, 1.807) is 0 Å². The number of carbonyl (C=O) groups excluding carboxylic acids is 1. The Morgan fingerprint density at radius 1 is 1.16 bits per heavy atom. The molecule has 0 atom stereocenters. The minimum atomic E-state index is -0.869. The van der Waals surface area contributed by atoms with E-state index in [1.807, 2.05) is 0 Å². The van der Waals surface area contributed by atoms with Crippen molar-refractivity contribution in [2.24, 2.45) is 17.3 Å². The molecule has 0 bridgehead atoms. The Morgan fingerprint density at radius 3 is 2.21 bits per heavy atom. The maximum atomic E-state index is 11.7. The van der Waals surface area contributed by atoms with Gasteiger partial charge in [-0.1, -0.05) is 20.8 Å². The normalized spacial score (nSPS) is 23.9. The van der Waals surface area contributed by atoms with Crippen molar-refractivity contribution in [2.75, 3.05) is 6.54 Å². The van der Waals surface area contributed by atoms with Gasteiger partial charge in [-0.05, 0) is 42.9 Å². The van der Waals surface area contributed by atoms with E-state index in [0.717, 1.165) is 18.8 Å². The lowest BCUT2D eigenvalue weighted by Crippen LogP contribution is -2.31. The molecule has 0 aliphatic heterocycles. The van der Waals surface area contributed by atoms with Crippen molar-refractivity contribution in [1.29, 1.82) is 0 Å². The van der Waals surface area contributed by atoms with Crippen molar-refractivity contribution in [3.8, 4) is 0 Å². The number of aliphatic carboxylic acids is 1. The van der Waals surface area contributed by atoms with Crippen molar-refractivity contribution in [3.63, 3.8) is 0 Å². The summed E-state index contributed by atoms with van der Waals surface area (Å²) in [6.45, 7) is 7.11. The molecule has 1 saturated carbocycles. The Labute approximate surface area is 116 Å².